The summed E-state index contributed by atoms with van der Waals surface area (Å²) in [6.45, 7) is 7.08. The van der Waals surface area contributed by atoms with E-state index in [1.165, 1.54) is 12.2 Å². The highest BCUT2D eigenvalue weighted by Crippen LogP contribution is 2.74. The number of fused-ring (bicyclic) bond motifs is 5. The lowest BCUT2D eigenvalue weighted by Crippen LogP contribution is -2.77. The Morgan fingerprint density at radius 2 is 1.79 bits per heavy atom. The summed E-state index contributed by atoms with van der Waals surface area (Å²) in [7, 11) is 0. The molecule has 3 saturated carbocycles. The highest BCUT2D eigenvalue weighted by Gasteiger charge is 2.82. The molecule has 0 aromatic carbocycles. The quantitative estimate of drug-likeness (QED) is 0.232. The van der Waals surface area contributed by atoms with Crippen molar-refractivity contribution in [2.45, 2.75) is 88.1 Å². The predicted molar refractivity (Wildman–Crippen MR) is 144 cm³/mol. The molecule has 9 atom stereocenters. The van der Waals surface area contributed by atoms with Gasteiger partial charge >= 0.3 is 0 Å². The molecular weight excluding hydrogens is 596 g/mol. The van der Waals surface area contributed by atoms with Gasteiger partial charge in [-0.3, -0.25) is 4.79 Å². The Kier molecular flexibility index (Phi) is 7.08. The molecule has 1 aliphatic heterocycles. The van der Waals surface area contributed by atoms with Crippen molar-refractivity contribution in [1.29, 1.82) is 0 Å². The van der Waals surface area contributed by atoms with Crippen molar-refractivity contribution in [2.24, 2.45) is 28.6 Å². The van der Waals surface area contributed by atoms with Crippen LogP contribution in [0.4, 0.5) is 0 Å². The van der Waals surface area contributed by atoms with Gasteiger partial charge in [0.15, 0.2) is 17.1 Å². The van der Waals surface area contributed by atoms with Crippen molar-refractivity contribution in [3.63, 3.8) is 0 Å². The first-order valence-corrected chi connectivity index (χ1v) is 14.4. The second-order valence-electron chi connectivity index (χ2n) is 13.4. The first kappa shape index (κ1) is 31.3. The number of carbonyl (C=O) groups excluding carboxylic acids is 1. The number of ether oxygens (including phenoxy) is 1. The van der Waals surface area contributed by atoms with E-state index in [1.54, 1.807) is 40.7 Å². The molecule has 238 valence electrons. The van der Waals surface area contributed by atoms with Gasteiger partial charge in [0.25, 0.3) is 15.3 Å². The van der Waals surface area contributed by atoms with Crippen molar-refractivity contribution < 1.29 is 44.5 Å². The molecule has 3 unspecified atom stereocenters. The smallest absolute Gasteiger partial charge is 0.295 e. The van der Waals surface area contributed by atoms with Crippen LogP contribution >= 0.6 is 11.6 Å². The molecule has 0 aromatic heterocycles. The fourth-order valence-electron chi connectivity index (χ4n) is 9.45. The Morgan fingerprint density at radius 3 is 2.35 bits per heavy atom. The van der Waals surface area contributed by atoms with E-state index in [2.05, 4.69) is 0 Å². The number of ketones is 1. The molecule has 5 rings (SSSR count). The van der Waals surface area contributed by atoms with Crippen LogP contribution in [0.2, 0.25) is 0 Å². The van der Waals surface area contributed by atoms with Gasteiger partial charge < -0.3 is 24.5 Å². The summed E-state index contributed by atoms with van der Waals surface area (Å²) in [5.74, 6) is -2.17. The predicted octanol–water partition coefficient (Wildman–Crippen LogP) is 3.44. The first-order valence-electron chi connectivity index (χ1n) is 14.0. The van der Waals surface area contributed by atoms with Gasteiger partial charge in [0.2, 0.25) is 0 Å². The maximum absolute atomic E-state index is 12.3. The maximum Gasteiger partial charge on any atom is 0.295 e. The number of halogens is 1. The average Bonchev–Trinajstić information content (AvgIpc) is 3.26. The molecule has 1 N–H and O–H groups in total. The lowest BCUT2D eigenvalue weighted by atomic mass is 9.45. The molecule has 1 heterocycles. The lowest BCUT2D eigenvalue weighted by Gasteiger charge is -2.66. The Hall–Kier alpha value is -3.08. The minimum absolute atomic E-state index is 0.205. The first-order chi connectivity index (χ1) is 19.8. The van der Waals surface area contributed by atoms with Crippen molar-refractivity contribution in [3.05, 3.63) is 54.1 Å². The fourth-order valence-corrected chi connectivity index (χ4v) is 10.0. The fraction of sp³-hybridized carbons (Fsp3) is 0.808. The average molecular weight is 631 g/mol. The monoisotopic (exact) mass is 630 g/mol. The Labute approximate surface area is 251 Å². The number of carbonyl (C=O) groups is 1. The van der Waals surface area contributed by atoms with Gasteiger partial charge in [-0.05, 0) is 69.4 Å². The number of hydroxylamine groups is 2. The third kappa shape index (κ3) is 3.95. The molecule has 4 aliphatic carbocycles. The van der Waals surface area contributed by atoms with Crippen LogP contribution < -0.4 is 0 Å². The maximum atomic E-state index is 12.3. The van der Waals surface area contributed by atoms with Gasteiger partial charge in [-0.1, -0.05) is 32.4 Å². The minimum Gasteiger partial charge on any atom is -0.352 e. The Morgan fingerprint density at radius 1 is 1.12 bits per heavy atom. The normalized spacial score (nSPS) is 44.9. The highest BCUT2D eigenvalue weighted by atomic mass is 35.5. The van der Waals surface area contributed by atoms with Crippen LogP contribution in [-0.2, 0) is 24.0 Å². The third-order valence-corrected chi connectivity index (χ3v) is 12.0. The molecule has 4 fully saturated rings. The topological polar surface area (TPSA) is 207 Å². The van der Waals surface area contributed by atoms with E-state index in [9.17, 15) is 40.3 Å². The van der Waals surface area contributed by atoms with Gasteiger partial charge in [0.05, 0.1) is 17.0 Å². The molecule has 43 heavy (non-hydrogen) atoms. The van der Waals surface area contributed by atoms with Gasteiger partial charge in [0.1, 0.15) is 12.7 Å². The van der Waals surface area contributed by atoms with Crippen LogP contribution in [0.3, 0.4) is 0 Å². The molecule has 0 radical (unpaired) electrons. The van der Waals surface area contributed by atoms with Crippen molar-refractivity contribution in [2.75, 3.05) is 13.2 Å². The Bertz CT molecular complexity index is 1330. The lowest BCUT2D eigenvalue weighted by molar-refractivity contribution is -0.804. The molecule has 16 nitrogen and oxygen atoms in total. The van der Waals surface area contributed by atoms with Crippen LogP contribution in [0.1, 0.15) is 60.3 Å². The molecule has 0 aromatic rings. The van der Waals surface area contributed by atoms with E-state index in [4.69, 9.17) is 30.9 Å². The van der Waals surface area contributed by atoms with Gasteiger partial charge in [-0.25, -0.2) is 0 Å². The molecule has 0 spiro atoms. The highest BCUT2D eigenvalue weighted by molar-refractivity contribution is 6.26. The summed E-state index contributed by atoms with van der Waals surface area (Å²) in [5.41, 5.74) is -7.47. The van der Waals surface area contributed by atoms with Crippen molar-refractivity contribution >= 4 is 17.4 Å². The van der Waals surface area contributed by atoms with Gasteiger partial charge in [-0.15, -0.1) is 47.0 Å². The van der Waals surface area contributed by atoms with Crippen molar-refractivity contribution in [1.82, 2.24) is 5.06 Å². The number of rotatable bonds is 8. The van der Waals surface area contributed by atoms with E-state index < -0.39 is 78.3 Å². The van der Waals surface area contributed by atoms with Crippen molar-refractivity contribution in [3.8, 4) is 0 Å². The number of allylic oxidation sites excluding steroid dienone is 4. The zero-order chi connectivity index (χ0) is 32.0. The number of hydrogen-bond donors (Lipinski definition) is 1. The summed E-state index contributed by atoms with van der Waals surface area (Å²) >= 11 is 7.58. The second kappa shape index (κ2) is 9.71. The van der Waals surface area contributed by atoms with E-state index in [0.717, 1.165) is 0 Å². The van der Waals surface area contributed by atoms with Crippen LogP contribution in [0.25, 0.3) is 0 Å². The molecule has 5 aliphatic rings. The summed E-state index contributed by atoms with van der Waals surface area (Å²) in [4.78, 5) is 62.3. The van der Waals surface area contributed by atoms with E-state index in [0.29, 0.717) is 23.5 Å². The molecular formula is C26H35ClN4O12. The van der Waals surface area contributed by atoms with Gasteiger partial charge in [-0.2, -0.15) is 0 Å². The summed E-state index contributed by atoms with van der Waals surface area (Å²) < 4.78 is 6.14. The van der Waals surface area contributed by atoms with E-state index >= 15 is 0 Å². The van der Waals surface area contributed by atoms with Crippen LogP contribution in [-0.4, -0.2) is 72.4 Å². The number of hydrogen-bond acceptors (Lipinski definition) is 13. The largest absolute Gasteiger partial charge is 0.352 e. The number of alkyl halides is 1. The van der Waals surface area contributed by atoms with Crippen LogP contribution in [0.15, 0.2) is 23.8 Å². The SMILES string of the molecule is C[C@H]1CC2C3CCC4=CC(=O)C=C[C@]4(C)[C@@]3(Cl)[C@@H](O[N+](=O)[O-])C[C@]2(C)[C@@]1(O[N+](=O)[O-])C1(CO[N+](=O)[O-])OCC(C)(C)N1O. The van der Waals surface area contributed by atoms with Crippen LogP contribution in [0, 0.1) is 58.9 Å². The molecule has 17 heteroatoms. The second-order valence-corrected chi connectivity index (χ2v) is 14.1. The zero-order valence-electron chi connectivity index (χ0n) is 24.4. The van der Waals surface area contributed by atoms with E-state index in [-0.39, 0.29) is 25.2 Å². The summed E-state index contributed by atoms with van der Waals surface area (Å²) in [6, 6.07) is 0. The molecule has 1 saturated heterocycles. The standard InChI is InChI=1S/C26H35ClN4O12/c1-15-10-19-18-7-6-16-11-17(32)8-9-22(16,4)25(18,27)20(42-30(36)37)12-23(19,5)26(15,43-31(38)39)24(14-41-29(34)35)28(33)21(2,3)13-40-24/h8-9,11,15,18-20,33H,6-7,10,12-14H2,1-5H3/t15-,18?,19?,20-,22-,23-,24?,25-,26+/m0/s1. The van der Waals surface area contributed by atoms with Gasteiger partial charge in [0, 0.05) is 10.8 Å². The number of nitrogens with zero attached hydrogens (tertiary/aromatic N) is 4. The van der Waals surface area contributed by atoms with E-state index in [1.807, 2.05) is 0 Å². The third-order valence-electron chi connectivity index (χ3n) is 11.1. The summed E-state index contributed by atoms with van der Waals surface area (Å²) in [6.07, 6.45) is 3.82. The zero-order valence-corrected chi connectivity index (χ0v) is 25.1. The van der Waals surface area contributed by atoms with Crippen LogP contribution in [0.5, 0.6) is 0 Å². The molecule has 0 amide bonds. The molecule has 0 bridgehead atoms. The minimum atomic E-state index is -2.30. The summed E-state index contributed by atoms with van der Waals surface area (Å²) in [5, 5.41) is 45.0. The Balaban J connectivity index is 1.76.